The van der Waals surface area contributed by atoms with Crippen LogP contribution in [0.1, 0.15) is 49.9 Å². The Hall–Kier alpha value is -0.780. The minimum atomic E-state index is 0.0463. The first kappa shape index (κ1) is 14.6. The summed E-state index contributed by atoms with van der Waals surface area (Å²) < 4.78 is 4.18. The molecule has 0 aliphatic heterocycles. The molecule has 0 aliphatic rings. The van der Waals surface area contributed by atoms with Crippen LogP contribution in [0, 0.1) is 0 Å². The third kappa shape index (κ3) is 3.61. The molecule has 1 N–H and O–H groups in total. The van der Waals surface area contributed by atoms with E-state index in [2.05, 4.69) is 59.4 Å². The van der Waals surface area contributed by atoms with Gasteiger partial charge in [0.05, 0.1) is 10.6 Å². The minimum absolute atomic E-state index is 0.0463. The summed E-state index contributed by atoms with van der Waals surface area (Å²) in [5.41, 5.74) is 2.55. The highest BCUT2D eigenvalue weighted by Crippen LogP contribution is 2.32. The van der Waals surface area contributed by atoms with Crippen molar-refractivity contribution in [2.75, 3.05) is 6.54 Å². The van der Waals surface area contributed by atoms with Crippen LogP contribution in [0.15, 0.2) is 16.8 Å². The van der Waals surface area contributed by atoms with Gasteiger partial charge in [-0.3, -0.25) is 0 Å². The van der Waals surface area contributed by atoms with Gasteiger partial charge in [0.1, 0.15) is 0 Å². The molecule has 1 unspecified atom stereocenters. The van der Waals surface area contributed by atoms with Crippen molar-refractivity contribution >= 4 is 22.9 Å². The predicted octanol–water partition coefficient (Wildman–Crippen LogP) is 3.79. The first-order valence-electron chi connectivity index (χ1n) is 6.59. The fourth-order valence-electron chi connectivity index (χ4n) is 2.09. The molecule has 0 spiro atoms. The molecule has 2 aromatic rings. The minimum Gasteiger partial charge on any atom is -0.309 e. The molecule has 104 valence electrons. The van der Waals surface area contributed by atoms with E-state index in [0.717, 1.165) is 18.7 Å². The van der Waals surface area contributed by atoms with E-state index >= 15 is 0 Å². The van der Waals surface area contributed by atoms with Crippen molar-refractivity contribution in [1.29, 1.82) is 0 Å². The number of nitrogens with zero attached hydrogens (tertiary/aromatic N) is 2. The molecule has 2 aromatic heterocycles. The molecule has 0 saturated carbocycles. The lowest BCUT2D eigenvalue weighted by Crippen LogP contribution is -2.25. The molecule has 19 heavy (non-hydrogen) atoms. The second kappa shape index (κ2) is 6.11. The summed E-state index contributed by atoms with van der Waals surface area (Å²) in [6, 6.07) is 2.51. The molecular weight excluding hydrogens is 274 g/mol. The van der Waals surface area contributed by atoms with Gasteiger partial charge in [-0.15, -0.1) is 5.10 Å². The third-order valence-electron chi connectivity index (χ3n) is 3.01. The highest BCUT2D eigenvalue weighted by Gasteiger charge is 2.27. The lowest BCUT2D eigenvalue weighted by atomic mass is 9.89. The van der Waals surface area contributed by atoms with E-state index in [1.165, 1.54) is 22.0 Å². The van der Waals surface area contributed by atoms with Gasteiger partial charge in [0.25, 0.3) is 0 Å². The van der Waals surface area contributed by atoms with Crippen molar-refractivity contribution in [2.45, 2.75) is 45.6 Å². The first-order valence-corrected chi connectivity index (χ1v) is 8.31. The Morgan fingerprint density at radius 1 is 1.37 bits per heavy atom. The maximum atomic E-state index is 4.35. The number of rotatable bonds is 5. The Balaban J connectivity index is 2.26. The number of aromatic nitrogens is 2. The smallest absolute Gasteiger partial charge is 0.0857 e. The van der Waals surface area contributed by atoms with Gasteiger partial charge < -0.3 is 5.32 Å². The van der Waals surface area contributed by atoms with Crippen LogP contribution in [0.25, 0.3) is 0 Å². The van der Waals surface area contributed by atoms with Crippen LogP contribution < -0.4 is 5.32 Å². The Kier molecular flexibility index (Phi) is 4.71. The number of nitrogens with one attached hydrogen (secondary N) is 1. The summed E-state index contributed by atoms with van der Waals surface area (Å²) in [6.45, 7) is 9.69. The Labute approximate surface area is 123 Å². The molecule has 0 aromatic carbocycles. The molecule has 0 bridgehead atoms. The standard InChI is InChI=1S/C14H21N3S2/c1-5-15-11(8-10-6-7-18-9-10)12-13(14(2,3)4)16-17-19-12/h6-7,9,11,15H,5,8H2,1-4H3. The second-order valence-electron chi connectivity index (χ2n) is 5.68. The van der Waals surface area contributed by atoms with Gasteiger partial charge in [0.2, 0.25) is 0 Å². The van der Waals surface area contributed by atoms with Crippen LogP contribution >= 0.6 is 22.9 Å². The van der Waals surface area contributed by atoms with Gasteiger partial charge in [-0.1, -0.05) is 32.2 Å². The fourth-order valence-corrected chi connectivity index (χ4v) is 3.71. The lowest BCUT2D eigenvalue weighted by Gasteiger charge is -2.22. The van der Waals surface area contributed by atoms with Crippen molar-refractivity contribution in [2.24, 2.45) is 0 Å². The zero-order chi connectivity index (χ0) is 13.9. The quantitative estimate of drug-likeness (QED) is 0.912. The summed E-state index contributed by atoms with van der Waals surface area (Å²) in [6.07, 6.45) is 1.00. The molecule has 3 nitrogen and oxygen atoms in total. The van der Waals surface area contributed by atoms with Crippen molar-refractivity contribution in [1.82, 2.24) is 14.9 Å². The van der Waals surface area contributed by atoms with Crippen molar-refractivity contribution < 1.29 is 0 Å². The molecule has 0 aliphatic carbocycles. The largest absolute Gasteiger partial charge is 0.309 e. The number of hydrogen-bond acceptors (Lipinski definition) is 5. The van der Waals surface area contributed by atoms with E-state index in [4.69, 9.17) is 0 Å². The van der Waals surface area contributed by atoms with Crippen molar-refractivity contribution in [3.05, 3.63) is 33.0 Å². The summed E-state index contributed by atoms with van der Waals surface area (Å²) in [5, 5.41) is 12.3. The van der Waals surface area contributed by atoms with E-state index in [0.29, 0.717) is 6.04 Å². The monoisotopic (exact) mass is 295 g/mol. The highest BCUT2D eigenvalue weighted by atomic mass is 32.1. The van der Waals surface area contributed by atoms with Gasteiger partial charge in [0.15, 0.2) is 0 Å². The number of hydrogen-bond donors (Lipinski definition) is 1. The van der Waals surface area contributed by atoms with Gasteiger partial charge in [-0.25, -0.2) is 0 Å². The van der Waals surface area contributed by atoms with Crippen molar-refractivity contribution in [3.8, 4) is 0 Å². The van der Waals surface area contributed by atoms with E-state index < -0.39 is 0 Å². The fraction of sp³-hybridized carbons (Fsp3) is 0.571. The number of likely N-dealkylation sites (N-methyl/N-ethyl adjacent to an activating group) is 1. The van der Waals surface area contributed by atoms with E-state index in [-0.39, 0.29) is 5.41 Å². The average molecular weight is 295 g/mol. The number of thiophene rings is 1. The Morgan fingerprint density at radius 2 is 2.16 bits per heavy atom. The van der Waals surface area contributed by atoms with Crippen LogP contribution in [0.2, 0.25) is 0 Å². The van der Waals surface area contributed by atoms with Gasteiger partial charge in [0, 0.05) is 11.5 Å². The predicted molar refractivity (Wildman–Crippen MR) is 83.0 cm³/mol. The first-order chi connectivity index (χ1) is 9.02. The molecule has 2 heterocycles. The maximum absolute atomic E-state index is 4.35. The Morgan fingerprint density at radius 3 is 2.74 bits per heavy atom. The zero-order valence-electron chi connectivity index (χ0n) is 11.9. The van der Waals surface area contributed by atoms with Crippen LogP contribution in [0.4, 0.5) is 0 Å². The Bertz CT molecular complexity index is 497. The molecule has 2 rings (SSSR count). The average Bonchev–Trinajstić information content (AvgIpc) is 2.98. The van der Waals surface area contributed by atoms with Crippen LogP contribution in [0.5, 0.6) is 0 Å². The van der Waals surface area contributed by atoms with E-state index in [1.54, 1.807) is 11.3 Å². The van der Waals surface area contributed by atoms with E-state index in [1.807, 2.05) is 0 Å². The zero-order valence-corrected chi connectivity index (χ0v) is 13.6. The molecule has 5 heteroatoms. The summed E-state index contributed by atoms with van der Waals surface area (Å²) in [4.78, 5) is 1.28. The molecule has 0 fully saturated rings. The van der Waals surface area contributed by atoms with Gasteiger partial charge in [-0.05, 0) is 46.9 Å². The molecule has 0 amide bonds. The van der Waals surface area contributed by atoms with Crippen LogP contribution in [-0.2, 0) is 11.8 Å². The second-order valence-corrected chi connectivity index (χ2v) is 7.25. The van der Waals surface area contributed by atoms with Crippen molar-refractivity contribution in [3.63, 3.8) is 0 Å². The van der Waals surface area contributed by atoms with Crippen LogP contribution in [-0.4, -0.2) is 16.1 Å². The third-order valence-corrected chi connectivity index (χ3v) is 4.58. The molecule has 1 atom stereocenters. The molecule has 0 radical (unpaired) electrons. The van der Waals surface area contributed by atoms with E-state index in [9.17, 15) is 0 Å². The SMILES string of the molecule is CCNC(Cc1ccsc1)c1snnc1C(C)(C)C. The van der Waals surface area contributed by atoms with Crippen LogP contribution in [0.3, 0.4) is 0 Å². The molecule has 0 saturated heterocycles. The lowest BCUT2D eigenvalue weighted by molar-refractivity contribution is 0.515. The normalized spacial score (nSPS) is 13.7. The van der Waals surface area contributed by atoms with Gasteiger partial charge >= 0.3 is 0 Å². The topological polar surface area (TPSA) is 37.8 Å². The summed E-state index contributed by atoms with van der Waals surface area (Å²) >= 11 is 3.28. The van der Waals surface area contributed by atoms with Gasteiger partial charge in [-0.2, -0.15) is 11.3 Å². The molecular formula is C14H21N3S2. The highest BCUT2D eigenvalue weighted by molar-refractivity contribution is 7.08. The summed E-state index contributed by atoms with van der Waals surface area (Å²) in [7, 11) is 0. The maximum Gasteiger partial charge on any atom is 0.0857 e. The summed E-state index contributed by atoms with van der Waals surface area (Å²) in [5.74, 6) is 0.